The third-order valence-corrected chi connectivity index (χ3v) is 5.28. The van der Waals surface area contributed by atoms with Crippen LogP contribution in [-0.2, 0) is 0 Å². The second kappa shape index (κ2) is 6.47. The van der Waals surface area contributed by atoms with Crippen molar-refractivity contribution >= 4 is 12.6 Å². The summed E-state index contributed by atoms with van der Waals surface area (Å²) in [6, 6.07) is 0.926. The fourth-order valence-electron chi connectivity index (χ4n) is 3.39. The average Bonchev–Trinajstić information content (AvgIpc) is 3.16. The zero-order chi connectivity index (χ0) is 12.1. The van der Waals surface area contributed by atoms with Crippen LogP contribution in [0.5, 0.6) is 0 Å². The summed E-state index contributed by atoms with van der Waals surface area (Å²) in [5, 5.41) is 0. The molecule has 2 heteroatoms. The maximum atomic E-state index is 4.70. The largest absolute Gasteiger partial charge is 0.300 e. The van der Waals surface area contributed by atoms with Gasteiger partial charge < -0.3 is 0 Å². The quantitative estimate of drug-likeness (QED) is 0.552. The van der Waals surface area contributed by atoms with Gasteiger partial charge in [-0.2, -0.15) is 12.6 Å². The van der Waals surface area contributed by atoms with Gasteiger partial charge in [0.1, 0.15) is 0 Å². The van der Waals surface area contributed by atoms with Crippen molar-refractivity contribution in [3.63, 3.8) is 0 Å². The van der Waals surface area contributed by atoms with E-state index in [1.54, 1.807) is 0 Å². The number of nitrogens with zero attached hydrogens (tertiary/aromatic N) is 1. The normalized spacial score (nSPS) is 24.9. The topological polar surface area (TPSA) is 3.24 Å². The van der Waals surface area contributed by atoms with Gasteiger partial charge in [0.2, 0.25) is 0 Å². The monoisotopic (exact) mass is 255 g/mol. The lowest BCUT2D eigenvalue weighted by Crippen LogP contribution is -2.40. The lowest BCUT2D eigenvalue weighted by atomic mass is 9.81. The first kappa shape index (κ1) is 13.7. The summed E-state index contributed by atoms with van der Waals surface area (Å²) in [6.45, 7) is 4.95. The molecule has 1 nitrogen and oxygen atoms in total. The van der Waals surface area contributed by atoms with Crippen molar-refractivity contribution in [3.8, 4) is 0 Å². The SMILES string of the molecule is CCCN(CC1(CS)CCCCCC1)C1CC1. The van der Waals surface area contributed by atoms with E-state index in [9.17, 15) is 0 Å². The zero-order valence-electron chi connectivity index (χ0n) is 11.5. The van der Waals surface area contributed by atoms with Gasteiger partial charge in [0.25, 0.3) is 0 Å². The Bertz CT molecular complexity index is 217. The van der Waals surface area contributed by atoms with Crippen LogP contribution >= 0.6 is 12.6 Å². The van der Waals surface area contributed by atoms with Crippen LogP contribution in [0.1, 0.15) is 64.7 Å². The van der Waals surface area contributed by atoms with Crippen LogP contribution in [0, 0.1) is 5.41 Å². The van der Waals surface area contributed by atoms with Gasteiger partial charge in [-0.25, -0.2) is 0 Å². The standard InChI is InChI=1S/C15H29NS/c1-2-11-16(14-7-8-14)12-15(13-17)9-5-3-4-6-10-15/h14,17H,2-13H2,1H3. The van der Waals surface area contributed by atoms with Crippen LogP contribution in [0.3, 0.4) is 0 Å². The molecular formula is C15H29NS. The molecule has 0 heterocycles. The van der Waals surface area contributed by atoms with E-state index in [1.807, 2.05) is 0 Å². The number of hydrogen-bond donors (Lipinski definition) is 1. The molecule has 0 radical (unpaired) electrons. The molecule has 0 saturated heterocycles. The van der Waals surface area contributed by atoms with Gasteiger partial charge in [-0.3, -0.25) is 4.90 Å². The Balaban J connectivity index is 1.94. The van der Waals surface area contributed by atoms with Crippen LogP contribution in [0.2, 0.25) is 0 Å². The summed E-state index contributed by atoms with van der Waals surface area (Å²) < 4.78 is 0. The Morgan fingerprint density at radius 3 is 2.24 bits per heavy atom. The fraction of sp³-hybridized carbons (Fsp3) is 1.00. The van der Waals surface area contributed by atoms with Crippen molar-refractivity contribution in [3.05, 3.63) is 0 Å². The van der Waals surface area contributed by atoms with Crippen molar-refractivity contribution in [2.24, 2.45) is 5.41 Å². The molecule has 17 heavy (non-hydrogen) atoms. The highest BCUT2D eigenvalue weighted by Gasteiger charge is 2.36. The van der Waals surface area contributed by atoms with E-state index < -0.39 is 0 Å². The zero-order valence-corrected chi connectivity index (χ0v) is 12.4. The minimum atomic E-state index is 0.539. The second-order valence-corrected chi connectivity index (χ2v) is 6.59. The molecule has 2 aliphatic carbocycles. The van der Waals surface area contributed by atoms with E-state index in [4.69, 9.17) is 12.6 Å². The van der Waals surface area contributed by atoms with E-state index in [2.05, 4.69) is 11.8 Å². The molecule has 0 spiro atoms. The van der Waals surface area contributed by atoms with E-state index in [-0.39, 0.29) is 0 Å². The summed E-state index contributed by atoms with van der Waals surface area (Å²) >= 11 is 4.70. The predicted molar refractivity (Wildman–Crippen MR) is 78.9 cm³/mol. The van der Waals surface area contributed by atoms with Crippen molar-refractivity contribution in [2.75, 3.05) is 18.8 Å². The summed E-state index contributed by atoms with van der Waals surface area (Å²) in [4.78, 5) is 2.78. The number of hydrogen-bond acceptors (Lipinski definition) is 2. The van der Waals surface area contributed by atoms with Crippen molar-refractivity contribution in [1.29, 1.82) is 0 Å². The van der Waals surface area contributed by atoms with Crippen molar-refractivity contribution < 1.29 is 0 Å². The molecule has 0 aliphatic heterocycles. The summed E-state index contributed by atoms with van der Waals surface area (Å²) in [5.41, 5.74) is 0.539. The van der Waals surface area contributed by atoms with Gasteiger partial charge >= 0.3 is 0 Å². The van der Waals surface area contributed by atoms with Gasteiger partial charge in [0.05, 0.1) is 0 Å². The molecule has 100 valence electrons. The molecular weight excluding hydrogens is 226 g/mol. The first-order valence-corrected chi connectivity index (χ1v) is 8.28. The Labute approximate surface area is 113 Å². The van der Waals surface area contributed by atoms with Crippen molar-refractivity contribution in [2.45, 2.75) is 70.8 Å². The molecule has 0 amide bonds. The summed E-state index contributed by atoms with van der Waals surface area (Å²) in [5.74, 6) is 1.10. The van der Waals surface area contributed by atoms with Crippen molar-refractivity contribution in [1.82, 2.24) is 4.90 Å². The summed E-state index contributed by atoms with van der Waals surface area (Å²) in [7, 11) is 0. The highest BCUT2D eigenvalue weighted by Crippen LogP contribution is 2.39. The van der Waals surface area contributed by atoms with Crippen LogP contribution in [0.15, 0.2) is 0 Å². The number of thiol groups is 1. The van der Waals surface area contributed by atoms with E-state index >= 15 is 0 Å². The van der Waals surface area contributed by atoms with Gasteiger partial charge in [-0.05, 0) is 49.8 Å². The molecule has 0 aromatic heterocycles. The minimum absolute atomic E-state index is 0.539. The van der Waals surface area contributed by atoms with Crippen LogP contribution in [0.25, 0.3) is 0 Å². The molecule has 0 atom stereocenters. The Morgan fingerprint density at radius 2 is 1.76 bits per heavy atom. The predicted octanol–water partition coefficient (Wildman–Crippen LogP) is 4.13. The van der Waals surface area contributed by atoms with E-state index in [0.717, 1.165) is 11.8 Å². The highest BCUT2D eigenvalue weighted by atomic mass is 32.1. The molecule has 2 aliphatic rings. The smallest absolute Gasteiger partial charge is 0.00966 e. The van der Waals surface area contributed by atoms with Crippen LogP contribution < -0.4 is 0 Å². The lowest BCUT2D eigenvalue weighted by molar-refractivity contribution is 0.143. The van der Waals surface area contributed by atoms with E-state index in [0.29, 0.717) is 5.41 Å². The maximum Gasteiger partial charge on any atom is 0.00966 e. The molecule has 2 fully saturated rings. The number of rotatable bonds is 6. The first-order chi connectivity index (χ1) is 8.29. The first-order valence-electron chi connectivity index (χ1n) is 7.64. The van der Waals surface area contributed by atoms with Gasteiger partial charge in [-0.15, -0.1) is 0 Å². The lowest BCUT2D eigenvalue weighted by Gasteiger charge is -2.37. The van der Waals surface area contributed by atoms with Crippen LogP contribution in [-0.4, -0.2) is 29.8 Å². The van der Waals surface area contributed by atoms with Gasteiger partial charge in [-0.1, -0.05) is 32.6 Å². The Hall–Kier alpha value is 0.310. The average molecular weight is 255 g/mol. The molecule has 0 unspecified atom stereocenters. The summed E-state index contributed by atoms with van der Waals surface area (Å²) in [6.07, 6.45) is 12.8. The molecule has 0 N–H and O–H groups in total. The van der Waals surface area contributed by atoms with Crippen LogP contribution in [0.4, 0.5) is 0 Å². The Morgan fingerprint density at radius 1 is 1.12 bits per heavy atom. The molecule has 0 aromatic carbocycles. The fourth-order valence-corrected chi connectivity index (χ4v) is 3.81. The molecule has 2 rings (SSSR count). The maximum absolute atomic E-state index is 4.70. The molecule has 0 bridgehead atoms. The van der Waals surface area contributed by atoms with Gasteiger partial charge in [0, 0.05) is 12.6 Å². The third-order valence-electron chi connectivity index (χ3n) is 4.61. The highest BCUT2D eigenvalue weighted by molar-refractivity contribution is 7.80. The second-order valence-electron chi connectivity index (χ2n) is 6.27. The van der Waals surface area contributed by atoms with E-state index in [1.165, 1.54) is 70.9 Å². The third kappa shape index (κ3) is 3.89. The minimum Gasteiger partial charge on any atom is -0.300 e. The van der Waals surface area contributed by atoms with Gasteiger partial charge in [0.15, 0.2) is 0 Å². The molecule has 0 aromatic rings. The Kier molecular flexibility index (Phi) is 5.23. The molecule has 2 saturated carbocycles.